The molecule has 142 valence electrons. The van der Waals surface area contributed by atoms with Gasteiger partial charge in [0.1, 0.15) is 12.4 Å². The van der Waals surface area contributed by atoms with Gasteiger partial charge in [-0.15, -0.1) is 0 Å². The van der Waals surface area contributed by atoms with Crippen molar-refractivity contribution in [1.82, 2.24) is 5.09 Å². The van der Waals surface area contributed by atoms with Gasteiger partial charge in [-0.1, -0.05) is 6.07 Å². The summed E-state index contributed by atoms with van der Waals surface area (Å²) in [6, 6.07) is 3.90. The maximum Gasteiger partial charge on any atom is 0.342 e. The first-order valence-electron chi connectivity index (χ1n) is 7.78. The molecule has 2 atom stereocenters. The number of nitrogens with one attached hydrogen (secondary N) is 1. The molecular weight excluding hydrogens is 349 g/mol. The Labute approximate surface area is 147 Å². The average Bonchev–Trinajstić information content (AvgIpc) is 2.53. The summed E-state index contributed by atoms with van der Waals surface area (Å²) in [7, 11) is -0.786. The van der Waals surface area contributed by atoms with Crippen LogP contribution in [0.3, 0.4) is 0 Å². The molecular formula is C16H26NO7P. The fourth-order valence-corrected chi connectivity index (χ4v) is 3.67. The Balaban J connectivity index is 3.02. The number of hydrogen-bond donors (Lipinski definition) is 2. The molecule has 0 bridgehead atoms. The zero-order valence-electron chi connectivity index (χ0n) is 15.1. The molecule has 0 fully saturated rings. The molecule has 0 aliphatic rings. The molecule has 1 rings (SSSR count). The van der Waals surface area contributed by atoms with Crippen molar-refractivity contribution in [2.75, 3.05) is 20.6 Å². The third-order valence-electron chi connectivity index (χ3n) is 3.05. The highest BCUT2D eigenvalue weighted by Gasteiger charge is 2.31. The maximum atomic E-state index is 13.1. The van der Waals surface area contributed by atoms with Gasteiger partial charge in [-0.2, -0.15) is 0 Å². The first kappa shape index (κ1) is 21.4. The summed E-state index contributed by atoms with van der Waals surface area (Å²) in [6.45, 7) is 4.76. The molecule has 9 heteroatoms. The van der Waals surface area contributed by atoms with Crippen molar-refractivity contribution >= 4 is 13.5 Å². The number of benzene rings is 1. The van der Waals surface area contributed by atoms with Gasteiger partial charge in [0.15, 0.2) is 11.5 Å². The van der Waals surface area contributed by atoms with Gasteiger partial charge < -0.3 is 23.8 Å². The van der Waals surface area contributed by atoms with Crippen LogP contribution in [0, 0.1) is 0 Å². The SMILES string of the molecule is COCP(=O)(N[C@@H](C)C(=O)OC(C)C)Oc1cc(CO)ccc1OC. The monoisotopic (exact) mass is 375 g/mol. The molecule has 0 spiro atoms. The third-order valence-corrected chi connectivity index (χ3v) is 4.92. The number of esters is 1. The molecule has 0 aromatic heterocycles. The molecule has 2 N–H and O–H groups in total. The van der Waals surface area contributed by atoms with E-state index >= 15 is 0 Å². The predicted octanol–water partition coefficient (Wildman–Crippen LogP) is 2.29. The number of carbonyl (C=O) groups excluding carboxylic acids is 1. The van der Waals surface area contributed by atoms with E-state index in [1.54, 1.807) is 26.0 Å². The lowest BCUT2D eigenvalue weighted by Crippen LogP contribution is -2.36. The van der Waals surface area contributed by atoms with Crippen molar-refractivity contribution in [3.63, 3.8) is 0 Å². The minimum atomic E-state index is -3.60. The second kappa shape index (κ2) is 9.77. The number of methoxy groups -OCH3 is 2. The smallest absolute Gasteiger partial charge is 0.342 e. The van der Waals surface area contributed by atoms with Gasteiger partial charge in [-0.3, -0.25) is 9.36 Å². The quantitative estimate of drug-likeness (QED) is 0.474. The average molecular weight is 375 g/mol. The van der Waals surface area contributed by atoms with Gasteiger partial charge in [-0.25, -0.2) is 5.09 Å². The lowest BCUT2D eigenvalue weighted by atomic mass is 10.2. The van der Waals surface area contributed by atoms with E-state index in [1.165, 1.54) is 27.2 Å². The first-order valence-corrected chi connectivity index (χ1v) is 9.59. The van der Waals surface area contributed by atoms with Crippen molar-refractivity contribution in [3.8, 4) is 11.5 Å². The van der Waals surface area contributed by atoms with Crippen LogP contribution in [0.15, 0.2) is 18.2 Å². The number of aliphatic hydroxyl groups excluding tert-OH is 1. The molecule has 1 aromatic rings. The van der Waals surface area contributed by atoms with Crippen molar-refractivity contribution < 1.29 is 33.2 Å². The summed E-state index contributed by atoms with van der Waals surface area (Å²) in [4.78, 5) is 12.0. The largest absolute Gasteiger partial charge is 0.493 e. The van der Waals surface area contributed by atoms with Crippen LogP contribution in [-0.4, -0.2) is 43.8 Å². The number of hydrogen-bond acceptors (Lipinski definition) is 7. The molecule has 0 heterocycles. The molecule has 25 heavy (non-hydrogen) atoms. The number of rotatable bonds is 10. The number of aliphatic hydroxyl groups is 1. The van der Waals surface area contributed by atoms with Crippen LogP contribution < -0.4 is 14.3 Å². The molecule has 0 saturated carbocycles. The minimum absolute atomic E-state index is 0.173. The number of carbonyl (C=O) groups is 1. The highest BCUT2D eigenvalue weighted by molar-refractivity contribution is 7.57. The Morgan fingerprint density at radius 2 is 1.92 bits per heavy atom. The van der Waals surface area contributed by atoms with E-state index in [9.17, 15) is 14.5 Å². The first-order chi connectivity index (χ1) is 11.7. The highest BCUT2D eigenvalue weighted by atomic mass is 31.2. The molecule has 0 amide bonds. The van der Waals surface area contributed by atoms with E-state index in [-0.39, 0.29) is 24.8 Å². The van der Waals surface area contributed by atoms with E-state index in [4.69, 9.17) is 18.7 Å². The summed E-state index contributed by atoms with van der Waals surface area (Å²) in [5.74, 6) is -0.0369. The van der Waals surface area contributed by atoms with E-state index in [0.717, 1.165) is 0 Å². The second-order valence-electron chi connectivity index (χ2n) is 5.66. The van der Waals surface area contributed by atoms with Gasteiger partial charge in [0.25, 0.3) is 0 Å². The van der Waals surface area contributed by atoms with Crippen LogP contribution in [0.4, 0.5) is 0 Å². The summed E-state index contributed by atoms with van der Waals surface area (Å²) >= 11 is 0. The lowest BCUT2D eigenvalue weighted by Gasteiger charge is -2.24. The third kappa shape index (κ3) is 6.66. The maximum absolute atomic E-state index is 13.1. The van der Waals surface area contributed by atoms with E-state index < -0.39 is 19.5 Å². The number of ether oxygens (including phenoxy) is 3. The molecule has 0 radical (unpaired) electrons. The Morgan fingerprint density at radius 3 is 2.44 bits per heavy atom. The van der Waals surface area contributed by atoms with Gasteiger partial charge >= 0.3 is 13.5 Å². The van der Waals surface area contributed by atoms with Gasteiger partial charge in [0.05, 0.1) is 19.8 Å². The standard InChI is InChI=1S/C16H26NO7P/c1-11(2)23-16(19)12(3)17-25(20,10-21-4)24-15-8-13(9-18)6-7-14(15)22-5/h6-8,11-12,18H,9-10H2,1-5H3,(H,17,20)/t12-,25?/m0/s1. The van der Waals surface area contributed by atoms with Gasteiger partial charge in [0, 0.05) is 7.11 Å². The molecule has 1 unspecified atom stereocenters. The van der Waals surface area contributed by atoms with Crippen LogP contribution in [-0.2, 0) is 25.4 Å². The highest BCUT2D eigenvalue weighted by Crippen LogP contribution is 2.46. The second-order valence-corrected chi connectivity index (χ2v) is 7.71. The van der Waals surface area contributed by atoms with Crippen LogP contribution in [0.2, 0.25) is 0 Å². The predicted molar refractivity (Wildman–Crippen MR) is 92.9 cm³/mol. The van der Waals surface area contributed by atoms with Crippen molar-refractivity contribution in [2.24, 2.45) is 0 Å². The summed E-state index contributed by atoms with van der Waals surface area (Å²) in [5, 5.41) is 11.9. The Hall–Kier alpha value is -1.60. The minimum Gasteiger partial charge on any atom is -0.493 e. The van der Waals surface area contributed by atoms with E-state index in [0.29, 0.717) is 11.3 Å². The Morgan fingerprint density at radius 1 is 1.24 bits per heavy atom. The summed E-state index contributed by atoms with van der Waals surface area (Å²) in [5.41, 5.74) is 0.562. The molecule has 8 nitrogen and oxygen atoms in total. The van der Waals surface area contributed by atoms with Crippen LogP contribution in [0.25, 0.3) is 0 Å². The molecule has 0 saturated heterocycles. The van der Waals surface area contributed by atoms with E-state index in [2.05, 4.69) is 5.09 Å². The van der Waals surface area contributed by atoms with Gasteiger partial charge in [-0.05, 0) is 38.5 Å². The normalized spacial score (nSPS) is 14.7. The van der Waals surface area contributed by atoms with Crippen LogP contribution in [0.5, 0.6) is 11.5 Å². The summed E-state index contributed by atoms with van der Waals surface area (Å²) < 4.78 is 33.9. The van der Waals surface area contributed by atoms with Crippen molar-refractivity contribution in [2.45, 2.75) is 39.5 Å². The van der Waals surface area contributed by atoms with Crippen LogP contribution in [0.1, 0.15) is 26.3 Å². The fourth-order valence-electron chi connectivity index (χ4n) is 1.99. The van der Waals surface area contributed by atoms with Gasteiger partial charge in [0.2, 0.25) is 0 Å². The Bertz CT molecular complexity index is 621. The molecule has 0 aliphatic heterocycles. The molecule has 1 aromatic carbocycles. The van der Waals surface area contributed by atoms with Crippen LogP contribution >= 0.6 is 7.52 Å². The van der Waals surface area contributed by atoms with Crippen molar-refractivity contribution in [3.05, 3.63) is 23.8 Å². The fraction of sp³-hybridized carbons (Fsp3) is 0.562. The summed E-state index contributed by atoms with van der Waals surface area (Å²) in [6.07, 6.45) is -0.556. The lowest BCUT2D eigenvalue weighted by molar-refractivity contribution is -0.149. The molecule has 0 aliphatic carbocycles. The zero-order chi connectivity index (χ0) is 19.0. The van der Waals surface area contributed by atoms with E-state index in [1.807, 2.05) is 0 Å². The topological polar surface area (TPSA) is 103 Å². The Kier molecular flexibility index (Phi) is 8.38. The zero-order valence-corrected chi connectivity index (χ0v) is 16.0. The van der Waals surface area contributed by atoms with Crippen molar-refractivity contribution in [1.29, 1.82) is 0 Å².